The quantitative estimate of drug-likeness (QED) is 0.509. The van der Waals surface area contributed by atoms with Crippen molar-refractivity contribution in [1.29, 1.82) is 0 Å². The van der Waals surface area contributed by atoms with Gasteiger partial charge in [0.05, 0.1) is 13.1 Å². The Morgan fingerprint density at radius 3 is 2.33 bits per heavy atom. The highest BCUT2D eigenvalue weighted by molar-refractivity contribution is 5.86. The molecule has 0 unspecified atom stereocenters. The summed E-state index contributed by atoms with van der Waals surface area (Å²) < 4.78 is 5.64. The predicted molar refractivity (Wildman–Crippen MR) is 110 cm³/mol. The number of carbonyl (C=O) groups is 1. The van der Waals surface area contributed by atoms with Crippen molar-refractivity contribution in [2.45, 2.75) is 52.0 Å². The molecule has 1 N–H and O–H groups in total. The summed E-state index contributed by atoms with van der Waals surface area (Å²) in [5.41, 5.74) is 0.110. The highest BCUT2D eigenvalue weighted by atomic mass is 16.5. The minimum Gasteiger partial charge on any atom is -0.381 e. The van der Waals surface area contributed by atoms with E-state index in [1.54, 1.807) is 0 Å². The Balaban J connectivity index is 2.08. The number of likely N-dealkylation sites (N-methyl/N-ethyl adjacent to an activating group) is 2. The number of likely N-dealkylation sites (tertiary alicyclic amines) is 1. The van der Waals surface area contributed by atoms with Gasteiger partial charge in [-0.05, 0) is 59.5 Å². The normalized spacial score (nSPS) is 20.5. The van der Waals surface area contributed by atoms with Gasteiger partial charge >= 0.3 is 0 Å². The molecule has 0 aliphatic carbocycles. The third-order valence-corrected chi connectivity index (χ3v) is 5.91. The number of rotatable bonds is 8. The molecule has 2 aliphatic heterocycles. The van der Waals surface area contributed by atoms with E-state index in [9.17, 15) is 4.79 Å². The molecule has 0 spiro atoms. The van der Waals surface area contributed by atoms with Crippen LogP contribution in [0.4, 0.5) is 0 Å². The van der Waals surface area contributed by atoms with E-state index in [1.165, 1.54) is 25.9 Å². The van der Waals surface area contributed by atoms with Crippen LogP contribution in [0.5, 0.6) is 0 Å². The average molecular weight is 382 g/mol. The molecule has 7 nitrogen and oxygen atoms in total. The average Bonchev–Trinajstić information content (AvgIpc) is 3.22. The summed E-state index contributed by atoms with van der Waals surface area (Å²) in [5.74, 6) is 0.969. The van der Waals surface area contributed by atoms with Crippen LogP contribution in [0.3, 0.4) is 0 Å². The molecule has 7 heteroatoms. The second-order valence-corrected chi connectivity index (χ2v) is 7.62. The third-order valence-electron chi connectivity index (χ3n) is 5.91. The van der Waals surface area contributed by atoms with E-state index in [2.05, 4.69) is 17.1 Å². The third kappa shape index (κ3) is 5.82. The van der Waals surface area contributed by atoms with E-state index in [0.29, 0.717) is 6.54 Å². The summed E-state index contributed by atoms with van der Waals surface area (Å²) in [6.45, 7) is 13.5. The predicted octanol–water partition coefficient (Wildman–Crippen LogP) is 1.40. The number of carbonyl (C=O) groups excluding carboxylic acids is 1. The van der Waals surface area contributed by atoms with Gasteiger partial charge in [0.15, 0.2) is 5.96 Å². The van der Waals surface area contributed by atoms with Crippen molar-refractivity contribution in [1.82, 2.24) is 20.0 Å². The zero-order valence-corrected chi connectivity index (χ0v) is 17.8. The molecule has 2 fully saturated rings. The van der Waals surface area contributed by atoms with Crippen LogP contribution in [-0.2, 0) is 9.53 Å². The molecule has 2 aliphatic rings. The molecule has 0 aromatic heterocycles. The van der Waals surface area contributed by atoms with Gasteiger partial charge in [0.2, 0.25) is 5.91 Å². The lowest BCUT2D eigenvalue weighted by atomic mass is 9.88. The minimum atomic E-state index is 0.110. The van der Waals surface area contributed by atoms with Crippen LogP contribution in [0, 0.1) is 0 Å². The summed E-state index contributed by atoms with van der Waals surface area (Å²) in [7, 11) is 1.95. The topological polar surface area (TPSA) is 60.4 Å². The van der Waals surface area contributed by atoms with E-state index >= 15 is 0 Å². The van der Waals surface area contributed by atoms with Crippen molar-refractivity contribution in [3.05, 3.63) is 0 Å². The smallest absolute Gasteiger partial charge is 0.242 e. The molecular formula is C20H39N5O2. The summed E-state index contributed by atoms with van der Waals surface area (Å²) >= 11 is 0. The molecule has 0 saturated carbocycles. The zero-order valence-electron chi connectivity index (χ0n) is 17.8. The number of hydrogen-bond donors (Lipinski definition) is 1. The van der Waals surface area contributed by atoms with Gasteiger partial charge in [-0.15, -0.1) is 0 Å². The van der Waals surface area contributed by atoms with Crippen LogP contribution in [0.1, 0.15) is 46.5 Å². The van der Waals surface area contributed by atoms with Crippen molar-refractivity contribution in [3.8, 4) is 0 Å². The summed E-state index contributed by atoms with van der Waals surface area (Å²) in [4.78, 5) is 23.9. The number of ether oxygens (including phenoxy) is 1. The Hall–Kier alpha value is -1.34. The van der Waals surface area contributed by atoms with Crippen molar-refractivity contribution in [2.75, 3.05) is 66.1 Å². The Morgan fingerprint density at radius 1 is 1.15 bits per heavy atom. The molecule has 1 amide bonds. The maximum Gasteiger partial charge on any atom is 0.242 e. The maximum absolute atomic E-state index is 12.5. The van der Waals surface area contributed by atoms with Crippen LogP contribution in [0.15, 0.2) is 4.99 Å². The van der Waals surface area contributed by atoms with Gasteiger partial charge < -0.3 is 19.9 Å². The monoisotopic (exact) mass is 381 g/mol. The lowest BCUT2D eigenvalue weighted by molar-refractivity contribution is -0.131. The highest BCUT2D eigenvalue weighted by Crippen LogP contribution is 2.31. The number of nitrogens with one attached hydrogen (secondary N) is 1. The second-order valence-electron chi connectivity index (χ2n) is 7.62. The van der Waals surface area contributed by atoms with Crippen LogP contribution in [0.25, 0.3) is 0 Å². The van der Waals surface area contributed by atoms with E-state index in [-0.39, 0.29) is 11.4 Å². The van der Waals surface area contributed by atoms with Crippen LogP contribution < -0.4 is 5.32 Å². The standard InChI is InChI=1S/C20H39N5O2/c1-5-21-19(23(4)16-18(26)24(6-2)7-3)22-17-20(10-14-27-15-11-20)25-12-8-9-13-25/h5-17H2,1-4H3,(H,21,22). The van der Waals surface area contributed by atoms with Crippen molar-refractivity contribution >= 4 is 11.9 Å². The van der Waals surface area contributed by atoms with Crippen molar-refractivity contribution < 1.29 is 9.53 Å². The molecule has 156 valence electrons. The van der Waals surface area contributed by atoms with Gasteiger partial charge in [0, 0.05) is 45.4 Å². The Labute approximate surface area is 165 Å². The SMILES string of the molecule is CCNC(=NCC1(N2CCCC2)CCOCC1)N(C)CC(=O)N(CC)CC. The maximum atomic E-state index is 12.5. The van der Waals surface area contributed by atoms with Gasteiger partial charge in [0.25, 0.3) is 0 Å². The first kappa shape index (κ1) is 22.0. The first-order chi connectivity index (χ1) is 13.1. The number of aliphatic imine (C=N–C) groups is 1. The molecule has 0 radical (unpaired) electrons. The molecule has 0 atom stereocenters. The van der Waals surface area contributed by atoms with Gasteiger partial charge in [-0.3, -0.25) is 14.7 Å². The lowest BCUT2D eigenvalue weighted by Crippen LogP contribution is -2.54. The van der Waals surface area contributed by atoms with Crippen LogP contribution in [-0.4, -0.2) is 98.2 Å². The van der Waals surface area contributed by atoms with E-state index in [1.807, 2.05) is 30.7 Å². The fraction of sp³-hybridized carbons (Fsp3) is 0.900. The molecule has 2 rings (SSSR count). The van der Waals surface area contributed by atoms with Gasteiger partial charge in [-0.2, -0.15) is 0 Å². The number of guanidine groups is 1. The van der Waals surface area contributed by atoms with Crippen LogP contribution in [0.2, 0.25) is 0 Å². The minimum absolute atomic E-state index is 0.110. The Kier molecular flexibility index (Phi) is 8.83. The van der Waals surface area contributed by atoms with Crippen molar-refractivity contribution in [3.63, 3.8) is 0 Å². The lowest BCUT2D eigenvalue weighted by Gasteiger charge is -2.43. The van der Waals surface area contributed by atoms with Gasteiger partial charge in [0.1, 0.15) is 0 Å². The van der Waals surface area contributed by atoms with Crippen molar-refractivity contribution in [2.24, 2.45) is 4.99 Å². The summed E-state index contributed by atoms with van der Waals surface area (Å²) in [6, 6.07) is 0. The first-order valence-corrected chi connectivity index (χ1v) is 10.7. The molecule has 27 heavy (non-hydrogen) atoms. The van der Waals surface area contributed by atoms with Gasteiger partial charge in [-0.25, -0.2) is 0 Å². The largest absolute Gasteiger partial charge is 0.381 e. The molecule has 0 bridgehead atoms. The molecule has 2 saturated heterocycles. The summed E-state index contributed by atoms with van der Waals surface area (Å²) in [6.07, 6.45) is 4.64. The first-order valence-electron chi connectivity index (χ1n) is 10.7. The molecule has 0 aromatic rings. The number of hydrogen-bond acceptors (Lipinski definition) is 4. The molecule has 2 heterocycles. The number of nitrogens with zero attached hydrogens (tertiary/aromatic N) is 4. The van der Waals surface area contributed by atoms with E-state index in [4.69, 9.17) is 9.73 Å². The zero-order chi connectivity index (χ0) is 19.7. The molecule has 0 aromatic carbocycles. The fourth-order valence-corrected chi connectivity index (χ4v) is 4.16. The second kappa shape index (κ2) is 10.9. The van der Waals surface area contributed by atoms with E-state index < -0.39 is 0 Å². The van der Waals surface area contributed by atoms with E-state index in [0.717, 1.165) is 58.2 Å². The number of amides is 1. The molecular weight excluding hydrogens is 342 g/mol. The Morgan fingerprint density at radius 2 is 1.78 bits per heavy atom. The summed E-state index contributed by atoms with van der Waals surface area (Å²) in [5, 5.41) is 3.37. The fourth-order valence-electron chi connectivity index (χ4n) is 4.16. The van der Waals surface area contributed by atoms with Crippen LogP contribution >= 0.6 is 0 Å². The highest BCUT2D eigenvalue weighted by Gasteiger charge is 2.39. The Bertz CT molecular complexity index is 481. The van der Waals surface area contributed by atoms with Gasteiger partial charge in [-0.1, -0.05) is 0 Å².